The number of nitrogens with zero attached hydrogens (tertiary/aromatic N) is 2. The monoisotopic (exact) mass is 237 g/mol. The molecule has 2 atom stereocenters. The summed E-state index contributed by atoms with van der Waals surface area (Å²) in [5.74, 6) is 1.39. The highest BCUT2D eigenvalue weighted by atomic mass is 15.3. The topological polar surface area (TPSA) is 29.9 Å². The summed E-state index contributed by atoms with van der Waals surface area (Å²) < 4.78 is 2.04. The van der Waals surface area contributed by atoms with E-state index in [4.69, 9.17) is 0 Å². The zero-order chi connectivity index (χ0) is 12.8. The summed E-state index contributed by atoms with van der Waals surface area (Å²) in [7, 11) is 2.05. The highest BCUT2D eigenvalue weighted by Crippen LogP contribution is 2.17. The van der Waals surface area contributed by atoms with Crippen molar-refractivity contribution in [2.45, 2.75) is 40.5 Å². The van der Waals surface area contributed by atoms with E-state index in [0.717, 1.165) is 25.9 Å². The quantitative estimate of drug-likeness (QED) is 0.789. The van der Waals surface area contributed by atoms with Gasteiger partial charge in [0.25, 0.3) is 0 Å². The number of nitrogens with one attached hydrogen (secondary N) is 1. The fourth-order valence-corrected chi connectivity index (χ4v) is 2.04. The second kappa shape index (κ2) is 6.80. The molecule has 3 heteroatoms. The molecule has 0 fully saturated rings. The molecule has 0 spiro atoms. The van der Waals surface area contributed by atoms with E-state index in [2.05, 4.69) is 51.2 Å². The first kappa shape index (κ1) is 14.2. The van der Waals surface area contributed by atoms with Crippen molar-refractivity contribution in [1.82, 2.24) is 15.1 Å². The third-order valence-electron chi connectivity index (χ3n) is 3.61. The maximum atomic E-state index is 4.50. The SMILES string of the molecule is CCNCC(C)C(C)Cc1cc(CC)nn1C. The Hall–Kier alpha value is -0.830. The first-order chi connectivity index (χ1) is 8.08. The molecule has 0 aliphatic carbocycles. The molecule has 3 nitrogen and oxygen atoms in total. The Morgan fingerprint density at radius 2 is 2.00 bits per heavy atom. The molecule has 1 heterocycles. The summed E-state index contributed by atoms with van der Waals surface area (Å²) in [6.07, 6.45) is 2.14. The third-order valence-corrected chi connectivity index (χ3v) is 3.61. The van der Waals surface area contributed by atoms with Crippen molar-refractivity contribution >= 4 is 0 Å². The summed E-state index contributed by atoms with van der Waals surface area (Å²) in [5.41, 5.74) is 2.56. The molecule has 0 bridgehead atoms. The Labute approximate surface area is 106 Å². The van der Waals surface area contributed by atoms with E-state index in [9.17, 15) is 0 Å². The number of hydrogen-bond donors (Lipinski definition) is 1. The van der Waals surface area contributed by atoms with Crippen molar-refractivity contribution in [3.63, 3.8) is 0 Å². The lowest BCUT2D eigenvalue weighted by Crippen LogP contribution is -2.26. The smallest absolute Gasteiger partial charge is 0.0624 e. The fraction of sp³-hybridized carbons (Fsp3) is 0.786. The van der Waals surface area contributed by atoms with E-state index in [0.29, 0.717) is 11.8 Å². The van der Waals surface area contributed by atoms with Gasteiger partial charge in [0.2, 0.25) is 0 Å². The molecule has 0 radical (unpaired) electrons. The molecular formula is C14H27N3. The van der Waals surface area contributed by atoms with Gasteiger partial charge in [0.05, 0.1) is 5.69 Å². The van der Waals surface area contributed by atoms with Crippen molar-refractivity contribution in [2.75, 3.05) is 13.1 Å². The summed E-state index contributed by atoms with van der Waals surface area (Å²) in [4.78, 5) is 0. The van der Waals surface area contributed by atoms with E-state index >= 15 is 0 Å². The van der Waals surface area contributed by atoms with Gasteiger partial charge in [-0.25, -0.2) is 0 Å². The van der Waals surface area contributed by atoms with Gasteiger partial charge in [0.1, 0.15) is 0 Å². The molecule has 0 saturated heterocycles. The fourth-order valence-electron chi connectivity index (χ4n) is 2.04. The summed E-state index contributed by atoms with van der Waals surface area (Å²) >= 11 is 0. The molecule has 1 aromatic rings. The van der Waals surface area contributed by atoms with Gasteiger partial charge in [-0.15, -0.1) is 0 Å². The maximum absolute atomic E-state index is 4.50. The van der Waals surface area contributed by atoms with E-state index in [1.165, 1.54) is 11.4 Å². The van der Waals surface area contributed by atoms with Crippen LogP contribution in [0.15, 0.2) is 6.07 Å². The van der Waals surface area contributed by atoms with Gasteiger partial charge < -0.3 is 5.32 Å². The average Bonchev–Trinajstić information content (AvgIpc) is 2.67. The van der Waals surface area contributed by atoms with Crippen LogP contribution < -0.4 is 5.32 Å². The lowest BCUT2D eigenvalue weighted by Gasteiger charge is -2.20. The first-order valence-corrected chi connectivity index (χ1v) is 6.80. The summed E-state index contributed by atoms with van der Waals surface area (Å²) in [6.45, 7) is 11.1. The third kappa shape index (κ3) is 4.15. The van der Waals surface area contributed by atoms with E-state index in [1.54, 1.807) is 0 Å². The van der Waals surface area contributed by atoms with Gasteiger partial charge in [-0.3, -0.25) is 4.68 Å². The Morgan fingerprint density at radius 3 is 2.53 bits per heavy atom. The molecule has 1 N–H and O–H groups in total. The standard InChI is InChI=1S/C14H27N3/c1-6-13-9-14(17(5)16-13)8-11(3)12(4)10-15-7-2/h9,11-12,15H,6-8,10H2,1-5H3. The summed E-state index contributed by atoms with van der Waals surface area (Å²) in [5, 5.41) is 7.93. The molecule has 2 unspecified atom stereocenters. The maximum Gasteiger partial charge on any atom is 0.0624 e. The van der Waals surface area contributed by atoms with Crippen LogP contribution in [-0.4, -0.2) is 22.9 Å². The number of hydrogen-bond acceptors (Lipinski definition) is 2. The zero-order valence-electron chi connectivity index (χ0n) is 12.0. The predicted molar refractivity (Wildman–Crippen MR) is 73.2 cm³/mol. The lowest BCUT2D eigenvalue weighted by atomic mass is 9.91. The highest BCUT2D eigenvalue weighted by Gasteiger charge is 2.14. The Morgan fingerprint density at radius 1 is 1.29 bits per heavy atom. The van der Waals surface area contributed by atoms with Crippen LogP contribution in [0.3, 0.4) is 0 Å². The molecule has 1 aromatic heterocycles. The molecule has 17 heavy (non-hydrogen) atoms. The lowest BCUT2D eigenvalue weighted by molar-refractivity contribution is 0.362. The average molecular weight is 237 g/mol. The van der Waals surface area contributed by atoms with Crippen LogP contribution in [0.25, 0.3) is 0 Å². The van der Waals surface area contributed by atoms with Crippen molar-refractivity contribution < 1.29 is 0 Å². The van der Waals surface area contributed by atoms with Crippen LogP contribution >= 0.6 is 0 Å². The van der Waals surface area contributed by atoms with Gasteiger partial charge in [-0.1, -0.05) is 27.7 Å². The van der Waals surface area contributed by atoms with Crippen LogP contribution in [0.1, 0.15) is 39.1 Å². The molecule has 98 valence electrons. The molecule has 0 aromatic carbocycles. The Bertz CT molecular complexity index is 330. The molecule has 0 amide bonds. The second-order valence-corrected chi connectivity index (χ2v) is 5.07. The normalized spacial score (nSPS) is 14.9. The molecule has 0 aliphatic heterocycles. The Balaban J connectivity index is 2.54. The van der Waals surface area contributed by atoms with Crippen LogP contribution in [-0.2, 0) is 19.9 Å². The largest absolute Gasteiger partial charge is 0.317 e. The van der Waals surface area contributed by atoms with Crippen LogP contribution in [0.2, 0.25) is 0 Å². The van der Waals surface area contributed by atoms with Crippen molar-refractivity contribution in [2.24, 2.45) is 18.9 Å². The van der Waals surface area contributed by atoms with Gasteiger partial charge in [0, 0.05) is 12.7 Å². The van der Waals surface area contributed by atoms with Gasteiger partial charge in [-0.2, -0.15) is 5.10 Å². The number of aromatic nitrogens is 2. The minimum atomic E-state index is 0.689. The van der Waals surface area contributed by atoms with E-state index in [1.807, 2.05) is 4.68 Å². The van der Waals surface area contributed by atoms with Gasteiger partial charge in [0.15, 0.2) is 0 Å². The molecular weight excluding hydrogens is 210 g/mol. The van der Waals surface area contributed by atoms with Crippen molar-refractivity contribution in [1.29, 1.82) is 0 Å². The highest BCUT2D eigenvalue weighted by molar-refractivity contribution is 5.10. The van der Waals surface area contributed by atoms with Crippen LogP contribution in [0.4, 0.5) is 0 Å². The Kier molecular flexibility index (Phi) is 5.69. The van der Waals surface area contributed by atoms with Crippen LogP contribution in [0.5, 0.6) is 0 Å². The minimum absolute atomic E-state index is 0.689. The first-order valence-electron chi connectivity index (χ1n) is 6.80. The predicted octanol–water partition coefficient (Wildman–Crippen LogP) is 2.41. The number of rotatable bonds is 7. The number of aryl methyl sites for hydroxylation is 2. The van der Waals surface area contributed by atoms with Gasteiger partial charge >= 0.3 is 0 Å². The molecule has 1 rings (SSSR count). The van der Waals surface area contributed by atoms with Crippen molar-refractivity contribution in [3.8, 4) is 0 Å². The summed E-state index contributed by atoms with van der Waals surface area (Å²) in [6, 6.07) is 2.25. The molecule has 0 saturated carbocycles. The zero-order valence-corrected chi connectivity index (χ0v) is 12.0. The minimum Gasteiger partial charge on any atom is -0.317 e. The van der Waals surface area contributed by atoms with Crippen LogP contribution in [0, 0.1) is 11.8 Å². The van der Waals surface area contributed by atoms with E-state index in [-0.39, 0.29) is 0 Å². The van der Waals surface area contributed by atoms with Gasteiger partial charge in [-0.05, 0) is 43.8 Å². The van der Waals surface area contributed by atoms with E-state index < -0.39 is 0 Å². The molecule has 0 aliphatic rings. The second-order valence-electron chi connectivity index (χ2n) is 5.07. The van der Waals surface area contributed by atoms with Crippen molar-refractivity contribution in [3.05, 3.63) is 17.5 Å².